The lowest BCUT2D eigenvalue weighted by atomic mass is 10.1. The molecule has 0 bridgehead atoms. The number of nitro groups is 1. The molecule has 0 saturated heterocycles. The molecule has 0 aliphatic rings. The number of aromatic amines is 1. The maximum atomic E-state index is 10.6. The van der Waals surface area contributed by atoms with Crippen molar-refractivity contribution in [1.29, 1.82) is 0 Å². The van der Waals surface area contributed by atoms with Crippen LogP contribution in [0.4, 0.5) is 17.5 Å². The Morgan fingerprint density at radius 2 is 2.30 bits per heavy atom. The molecule has 0 unspecified atom stereocenters. The van der Waals surface area contributed by atoms with E-state index in [4.69, 9.17) is 5.73 Å². The van der Waals surface area contributed by atoms with E-state index in [1.165, 1.54) is 0 Å². The summed E-state index contributed by atoms with van der Waals surface area (Å²) in [5.74, 6) is 0.148. The molecule has 0 fully saturated rings. The Hall–Kier alpha value is -2.71. The predicted octanol–water partition coefficient (Wildman–Crippen LogP) is 1.04. The van der Waals surface area contributed by atoms with Crippen LogP contribution in [0.1, 0.15) is 17.7 Å². The molecule has 0 aromatic carbocycles. The molecule has 20 heavy (non-hydrogen) atoms. The van der Waals surface area contributed by atoms with Crippen LogP contribution in [0.3, 0.4) is 0 Å². The lowest BCUT2D eigenvalue weighted by Crippen LogP contribution is -2.09. The quantitative estimate of drug-likeness (QED) is 0.407. The second-order valence-corrected chi connectivity index (χ2v) is 4.27. The number of hydrogen-bond acceptors (Lipinski definition) is 7. The van der Waals surface area contributed by atoms with E-state index < -0.39 is 4.92 Å². The third-order valence-corrected chi connectivity index (χ3v) is 2.83. The number of hydrogen-bond donors (Lipinski definition) is 3. The second kappa shape index (κ2) is 5.95. The fraction of sp³-hybridized carbons (Fsp3) is 0.364. The third-order valence-electron chi connectivity index (χ3n) is 2.83. The van der Waals surface area contributed by atoms with Crippen molar-refractivity contribution in [3.8, 4) is 0 Å². The van der Waals surface area contributed by atoms with Crippen LogP contribution in [0.25, 0.3) is 0 Å². The lowest BCUT2D eigenvalue weighted by Gasteiger charge is -2.05. The normalized spacial score (nSPS) is 10.4. The molecule has 9 nitrogen and oxygen atoms in total. The SMILES string of the molecule is Cc1[nH]ncc1CCCNc1ncc([N+](=O)[O-])c(N)n1. The van der Waals surface area contributed by atoms with Crippen molar-refractivity contribution in [3.63, 3.8) is 0 Å². The molecular weight excluding hydrogens is 262 g/mol. The Bertz CT molecular complexity index is 611. The molecule has 2 aromatic rings. The van der Waals surface area contributed by atoms with Gasteiger partial charge in [-0.25, -0.2) is 4.98 Å². The van der Waals surface area contributed by atoms with E-state index in [-0.39, 0.29) is 17.5 Å². The van der Waals surface area contributed by atoms with Gasteiger partial charge in [-0.2, -0.15) is 10.1 Å². The highest BCUT2D eigenvalue weighted by atomic mass is 16.6. The summed E-state index contributed by atoms with van der Waals surface area (Å²) in [6.45, 7) is 2.61. The molecule has 0 spiro atoms. The van der Waals surface area contributed by atoms with Gasteiger partial charge in [-0.15, -0.1) is 0 Å². The van der Waals surface area contributed by atoms with Crippen LogP contribution in [0.5, 0.6) is 0 Å². The van der Waals surface area contributed by atoms with Gasteiger partial charge in [-0.1, -0.05) is 0 Å². The Balaban J connectivity index is 1.84. The van der Waals surface area contributed by atoms with Crippen molar-refractivity contribution < 1.29 is 4.92 Å². The number of nitrogen functional groups attached to an aromatic ring is 1. The number of nitrogens with one attached hydrogen (secondary N) is 2. The predicted molar refractivity (Wildman–Crippen MR) is 73.2 cm³/mol. The van der Waals surface area contributed by atoms with Crippen LogP contribution in [-0.4, -0.2) is 31.6 Å². The van der Waals surface area contributed by atoms with Crippen molar-refractivity contribution in [2.24, 2.45) is 0 Å². The number of H-pyrrole nitrogens is 1. The largest absolute Gasteiger partial charge is 0.378 e. The van der Waals surface area contributed by atoms with Gasteiger partial charge in [0.05, 0.1) is 11.1 Å². The van der Waals surface area contributed by atoms with E-state index in [9.17, 15) is 10.1 Å². The number of anilines is 2. The first kappa shape index (κ1) is 13.7. The Morgan fingerprint density at radius 3 is 2.90 bits per heavy atom. The standard InChI is InChI=1S/C11H15N7O2/c1-7-8(5-15-17-7)3-2-4-13-11-14-6-9(18(19)20)10(12)16-11/h5-6H,2-4H2,1H3,(H,15,17)(H3,12,13,14,16). The van der Waals surface area contributed by atoms with Crippen LogP contribution in [0.15, 0.2) is 12.4 Å². The highest BCUT2D eigenvalue weighted by Crippen LogP contribution is 2.18. The highest BCUT2D eigenvalue weighted by Gasteiger charge is 2.13. The zero-order valence-corrected chi connectivity index (χ0v) is 11.0. The molecule has 0 aliphatic heterocycles. The zero-order valence-electron chi connectivity index (χ0n) is 11.0. The topological polar surface area (TPSA) is 136 Å². The molecule has 0 radical (unpaired) electrons. The van der Waals surface area contributed by atoms with Gasteiger partial charge in [0.1, 0.15) is 6.20 Å². The summed E-state index contributed by atoms with van der Waals surface area (Å²) in [5.41, 5.74) is 7.41. The van der Waals surface area contributed by atoms with E-state index in [2.05, 4.69) is 25.5 Å². The van der Waals surface area contributed by atoms with E-state index in [1.807, 2.05) is 6.92 Å². The molecule has 0 saturated carbocycles. The first-order chi connectivity index (χ1) is 9.58. The Kier molecular flexibility index (Phi) is 4.08. The highest BCUT2D eigenvalue weighted by molar-refractivity contribution is 5.53. The number of nitrogens with zero attached hydrogens (tertiary/aromatic N) is 4. The molecule has 0 atom stereocenters. The molecule has 0 aliphatic carbocycles. The van der Waals surface area contributed by atoms with E-state index in [1.54, 1.807) is 6.20 Å². The van der Waals surface area contributed by atoms with Crippen molar-refractivity contribution in [2.45, 2.75) is 19.8 Å². The maximum absolute atomic E-state index is 10.6. The van der Waals surface area contributed by atoms with Gasteiger partial charge >= 0.3 is 5.69 Å². The molecule has 0 amide bonds. The second-order valence-electron chi connectivity index (χ2n) is 4.27. The van der Waals surface area contributed by atoms with E-state index >= 15 is 0 Å². The van der Waals surface area contributed by atoms with Crippen molar-refractivity contribution >= 4 is 17.5 Å². The molecule has 106 valence electrons. The van der Waals surface area contributed by atoms with Gasteiger partial charge in [-0.05, 0) is 25.3 Å². The van der Waals surface area contributed by atoms with Crippen LogP contribution in [0.2, 0.25) is 0 Å². The van der Waals surface area contributed by atoms with Gasteiger partial charge in [0.15, 0.2) is 0 Å². The minimum Gasteiger partial charge on any atom is -0.378 e. The molecule has 9 heteroatoms. The molecule has 2 heterocycles. The Morgan fingerprint density at radius 1 is 1.50 bits per heavy atom. The minimum atomic E-state index is -0.610. The van der Waals surface area contributed by atoms with Gasteiger partial charge in [0, 0.05) is 12.2 Å². The first-order valence-corrected chi connectivity index (χ1v) is 6.07. The summed E-state index contributed by atoms with van der Waals surface area (Å²) >= 11 is 0. The molecule has 2 aromatic heterocycles. The van der Waals surface area contributed by atoms with Crippen molar-refractivity contribution in [2.75, 3.05) is 17.6 Å². The van der Waals surface area contributed by atoms with Crippen molar-refractivity contribution in [3.05, 3.63) is 33.8 Å². The average Bonchev–Trinajstić information content (AvgIpc) is 2.80. The average molecular weight is 277 g/mol. The van der Waals surface area contributed by atoms with Crippen LogP contribution in [0, 0.1) is 17.0 Å². The van der Waals surface area contributed by atoms with Crippen LogP contribution < -0.4 is 11.1 Å². The number of nitrogens with two attached hydrogens (primary N) is 1. The summed E-state index contributed by atoms with van der Waals surface area (Å²) in [6.07, 6.45) is 4.64. The smallest absolute Gasteiger partial charge is 0.329 e. The fourth-order valence-electron chi connectivity index (χ4n) is 1.72. The van der Waals surface area contributed by atoms with Gasteiger partial charge in [0.2, 0.25) is 11.8 Å². The maximum Gasteiger partial charge on any atom is 0.329 e. The molecule has 4 N–H and O–H groups in total. The summed E-state index contributed by atoms with van der Waals surface area (Å²) in [7, 11) is 0. The zero-order chi connectivity index (χ0) is 14.5. The summed E-state index contributed by atoms with van der Waals surface area (Å²) in [6, 6.07) is 0. The molecule has 2 rings (SSSR count). The number of rotatable bonds is 6. The van der Waals surface area contributed by atoms with Gasteiger partial charge in [-0.3, -0.25) is 15.2 Å². The van der Waals surface area contributed by atoms with Crippen molar-refractivity contribution in [1.82, 2.24) is 20.2 Å². The van der Waals surface area contributed by atoms with E-state index in [0.717, 1.165) is 30.3 Å². The molecular formula is C11H15N7O2. The Labute approximate surface area is 114 Å². The monoisotopic (exact) mass is 277 g/mol. The fourth-order valence-corrected chi connectivity index (χ4v) is 1.72. The van der Waals surface area contributed by atoms with Gasteiger partial charge < -0.3 is 11.1 Å². The number of aromatic nitrogens is 4. The van der Waals surface area contributed by atoms with Crippen LogP contribution in [-0.2, 0) is 6.42 Å². The summed E-state index contributed by atoms with van der Waals surface area (Å²) < 4.78 is 0. The van der Waals surface area contributed by atoms with Gasteiger partial charge in [0.25, 0.3) is 0 Å². The third kappa shape index (κ3) is 3.19. The first-order valence-electron chi connectivity index (χ1n) is 6.07. The van der Waals surface area contributed by atoms with Crippen LogP contribution >= 0.6 is 0 Å². The minimum absolute atomic E-state index is 0.141. The lowest BCUT2D eigenvalue weighted by molar-refractivity contribution is -0.384. The number of aryl methyl sites for hydroxylation is 2. The summed E-state index contributed by atoms with van der Waals surface area (Å²) in [4.78, 5) is 17.7. The summed E-state index contributed by atoms with van der Waals surface area (Å²) in [5, 5.41) is 20.4. The van der Waals surface area contributed by atoms with E-state index in [0.29, 0.717) is 6.54 Å².